The lowest BCUT2D eigenvalue weighted by atomic mass is 10.2. The van der Waals surface area contributed by atoms with E-state index in [2.05, 4.69) is 15.0 Å². The summed E-state index contributed by atoms with van der Waals surface area (Å²) in [6.07, 6.45) is 4.38. The highest BCUT2D eigenvalue weighted by Gasteiger charge is 2.16. The first-order valence-corrected chi connectivity index (χ1v) is 3.30. The van der Waals surface area contributed by atoms with Crippen LogP contribution in [0.1, 0.15) is 10.4 Å². The van der Waals surface area contributed by atoms with Gasteiger partial charge >= 0.3 is 5.97 Å². The Morgan fingerprint density at radius 3 is 3.08 bits per heavy atom. The number of carboxylic acid groups (broad SMARTS) is 1. The molecule has 2 heterocycles. The highest BCUT2D eigenvalue weighted by atomic mass is 16.4. The number of carboxylic acids is 1. The van der Waals surface area contributed by atoms with Crippen molar-refractivity contribution < 1.29 is 9.90 Å². The van der Waals surface area contributed by atoms with E-state index in [0.717, 1.165) is 0 Å². The lowest BCUT2D eigenvalue weighted by Gasteiger charge is -1.95. The van der Waals surface area contributed by atoms with Crippen molar-refractivity contribution in [2.45, 2.75) is 0 Å². The van der Waals surface area contributed by atoms with E-state index in [1.54, 1.807) is 6.20 Å². The van der Waals surface area contributed by atoms with Crippen LogP contribution in [0.2, 0.25) is 0 Å². The van der Waals surface area contributed by atoms with Crippen LogP contribution in [0.5, 0.6) is 0 Å². The maximum Gasteiger partial charge on any atom is 0.339 e. The molecule has 0 aliphatic carbocycles. The zero-order valence-corrected chi connectivity index (χ0v) is 5.98. The van der Waals surface area contributed by atoms with Gasteiger partial charge in [0.15, 0.2) is 5.82 Å². The van der Waals surface area contributed by atoms with Crippen LogP contribution in [0, 0.1) is 0 Å². The molecule has 0 spiro atoms. The second-order valence-electron chi connectivity index (χ2n) is 2.26. The molecule has 5 heteroatoms. The lowest BCUT2D eigenvalue weighted by molar-refractivity contribution is 0.0697. The minimum atomic E-state index is -0.998. The molecule has 0 fully saturated rings. The fourth-order valence-corrected chi connectivity index (χ4v) is 1.01. The van der Waals surface area contributed by atoms with Crippen molar-refractivity contribution in [1.82, 2.24) is 15.0 Å². The Morgan fingerprint density at radius 1 is 1.50 bits per heavy atom. The van der Waals surface area contributed by atoms with Crippen molar-refractivity contribution in [3.8, 4) is 11.5 Å². The van der Waals surface area contributed by atoms with Crippen molar-refractivity contribution in [3.63, 3.8) is 0 Å². The Morgan fingerprint density at radius 2 is 2.33 bits per heavy atom. The minimum absolute atomic E-state index is 0.151. The van der Waals surface area contributed by atoms with E-state index in [0.29, 0.717) is 11.5 Å². The van der Waals surface area contributed by atoms with Gasteiger partial charge in [-0.2, -0.15) is 0 Å². The van der Waals surface area contributed by atoms with Crippen LogP contribution >= 0.6 is 0 Å². The van der Waals surface area contributed by atoms with Gasteiger partial charge in [-0.05, 0) is 0 Å². The van der Waals surface area contributed by atoms with Gasteiger partial charge in [0.05, 0.1) is 5.69 Å². The number of carbonyl (C=O) groups is 1. The SMILES string of the molecule is O=C(O)c1cnc2ncc[nH]c1-2. The molecule has 0 saturated heterocycles. The average Bonchev–Trinajstić information content (AvgIpc) is 2.47. The Balaban J connectivity index is 2.67. The fraction of sp³-hybridized carbons (Fsp3) is 0. The zero-order valence-electron chi connectivity index (χ0n) is 5.98. The Labute approximate surface area is 67.4 Å². The number of aromatic carboxylic acids is 1. The number of nitrogens with one attached hydrogen (secondary N) is 1. The predicted molar refractivity (Wildman–Crippen MR) is 40.0 cm³/mol. The van der Waals surface area contributed by atoms with Crippen molar-refractivity contribution >= 4 is 5.97 Å². The number of rotatable bonds is 1. The number of H-pyrrole nitrogens is 1. The maximum absolute atomic E-state index is 10.6. The van der Waals surface area contributed by atoms with Crippen LogP contribution < -0.4 is 0 Å². The Kier molecular flexibility index (Phi) is 1.30. The van der Waals surface area contributed by atoms with Gasteiger partial charge in [0, 0.05) is 18.6 Å². The van der Waals surface area contributed by atoms with Crippen LogP contribution in [0.25, 0.3) is 11.5 Å². The normalized spacial score (nSPS) is 10.3. The first-order chi connectivity index (χ1) is 5.79. The number of hydrogen-bond donors (Lipinski definition) is 2. The van der Waals surface area contributed by atoms with E-state index in [1.807, 2.05) is 0 Å². The molecule has 60 valence electrons. The second kappa shape index (κ2) is 2.30. The highest BCUT2D eigenvalue weighted by molar-refractivity contribution is 5.94. The van der Waals surface area contributed by atoms with Crippen LogP contribution in [-0.4, -0.2) is 26.0 Å². The van der Waals surface area contributed by atoms with Crippen molar-refractivity contribution in [3.05, 3.63) is 24.2 Å². The molecule has 0 unspecified atom stereocenters. The number of nitrogens with zero attached hydrogens (tertiary/aromatic N) is 2. The molecule has 0 bridgehead atoms. The predicted octanol–water partition coefficient (Wildman–Crippen LogP) is 0.608. The molecular formula is C7H5N3O2. The van der Waals surface area contributed by atoms with E-state index in [-0.39, 0.29) is 5.56 Å². The quantitative estimate of drug-likeness (QED) is 0.645. The first-order valence-electron chi connectivity index (χ1n) is 3.30. The zero-order chi connectivity index (χ0) is 8.55. The fourth-order valence-electron chi connectivity index (χ4n) is 1.01. The van der Waals surface area contributed by atoms with Gasteiger partial charge in [-0.3, -0.25) is 0 Å². The van der Waals surface area contributed by atoms with Crippen LogP contribution in [-0.2, 0) is 0 Å². The van der Waals surface area contributed by atoms with Gasteiger partial charge in [-0.15, -0.1) is 0 Å². The molecule has 5 nitrogen and oxygen atoms in total. The summed E-state index contributed by atoms with van der Waals surface area (Å²) >= 11 is 0. The molecule has 2 rings (SSSR count). The molecule has 2 N–H and O–H groups in total. The van der Waals surface area contributed by atoms with Gasteiger partial charge in [0.25, 0.3) is 0 Å². The molecule has 0 amide bonds. The standard InChI is InChI=1S/C7H5N3O2/c11-7(12)4-3-10-6-5(4)8-1-2-9-6/h1-3,8H,(H,11,12). The van der Waals surface area contributed by atoms with Crippen molar-refractivity contribution in [2.75, 3.05) is 0 Å². The van der Waals surface area contributed by atoms with E-state index >= 15 is 0 Å². The van der Waals surface area contributed by atoms with Gasteiger partial charge in [-0.1, -0.05) is 0 Å². The summed E-state index contributed by atoms with van der Waals surface area (Å²) in [5.74, 6) is -0.573. The molecule has 12 heavy (non-hydrogen) atoms. The first kappa shape index (κ1) is 6.78. The summed E-state index contributed by atoms with van der Waals surface area (Å²) in [5.41, 5.74) is 0.614. The van der Waals surface area contributed by atoms with Gasteiger partial charge in [-0.25, -0.2) is 14.8 Å². The number of aromatic nitrogens is 3. The molecule has 2 aliphatic rings. The average molecular weight is 163 g/mol. The summed E-state index contributed by atoms with van der Waals surface area (Å²) < 4.78 is 0. The topological polar surface area (TPSA) is 78.9 Å². The molecule has 0 saturated carbocycles. The summed E-state index contributed by atoms with van der Waals surface area (Å²) in [6.45, 7) is 0. The molecule has 0 aromatic carbocycles. The third-order valence-electron chi connectivity index (χ3n) is 1.54. The molecule has 0 aromatic rings. The molecule has 2 aliphatic heterocycles. The summed E-state index contributed by atoms with van der Waals surface area (Å²) in [7, 11) is 0. The number of aromatic amines is 1. The van der Waals surface area contributed by atoms with Gasteiger partial charge in [0.1, 0.15) is 5.56 Å². The van der Waals surface area contributed by atoms with E-state index in [1.165, 1.54) is 12.4 Å². The van der Waals surface area contributed by atoms with Crippen LogP contribution in [0.4, 0.5) is 0 Å². The van der Waals surface area contributed by atoms with E-state index in [9.17, 15) is 4.79 Å². The highest BCUT2D eigenvalue weighted by Crippen LogP contribution is 2.18. The molecule has 0 aromatic heterocycles. The van der Waals surface area contributed by atoms with Crippen molar-refractivity contribution in [1.29, 1.82) is 0 Å². The third-order valence-corrected chi connectivity index (χ3v) is 1.54. The summed E-state index contributed by atoms with van der Waals surface area (Å²) in [6, 6.07) is 0. The molecular weight excluding hydrogens is 158 g/mol. The van der Waals surface area contributed by atoms with E-state index in [4.69, 9.17) is 5.11 Å². The van der Waals surface area contributed by atoms with Gasteiger partial charge < -0.3 is 10.1 Å². The Bertz CT molecular complexity index is 396. The molecule has 0 radical (unpaired) electrons. The number of fused-ring (bicyclic) bond motifs is 1. The summed E-state index contributed by atoms with van der Waals surface area (Å²) in [4.78, 5) is 21.1. The number of hydrogen-bond acceptors (Lipinski definition) is 3. The van der Waals surface area contributed by atoms with Gasteiger partial charge in [0.2, 0.25) is 0 Å². The van der Waals surface area contributed by atoms with Crippen molar-refractivity contribution in [2.24, 2.45) is 0 Å². The lowest BCUT2D eigenvalue weighted by Crippen LogP contribution is -1.97. The maximum atomic E-state index is 10.6. The Hall–Kier alpha value is -1.91. The summed E-state index contributed by atoms with van der Waals surface area (Å²) in [5, 5.41) is 8.68. The third kappa shape index (κ3) is 0.833. The van der Waals surface area contributed by atoms with E-state index < -0.39 is 5.97 Å². The van der Waals surface area contributed by atoms with Crippen LogP contribution in [0.15, 0.2) is 18.6 Å². The smallest absolute Gasteiger partial charge is 0.339 e. The minimum Gasteiger partial charge on any atom is -0.478 e. The molecule has 0 atom stereocenters. The second-order valence-corrected chi connectivity index (χ2v) is 2.26. The monoisotopic (exact) mass is 163 g/mol. The largest absolute Gasteiger partial charge is 0.478 e. The van der Waals surface area contributed by atoms with Crippen LogP contribution in [0.3, 0.4) is 0 Å².